The van der Waals surface area contributed by atoms with Gasteiger partial charge in [-0.05, 0) is 24.8 Å². The summed E-state index contributed by atoms with van der Waals surface area (Å²) in [6.45, 7) is 0.560. The number of nitrogens with one attached hydrogen (secondary N) is 1. The highest BCUT2D eigenvalue weighted by atomic mass is 16.1. The normalized spacial score (nSPS) is 17.6. The quantitative estimate of drug-likeness (QED) is 0.835. The zero-order chi connectivity index (χ0) is 12.8. The molecule has 0 bridgehead atoms. The average molecular weight is 246 g/mol. The lowest BCUT2D eigenvalue weighted by Crippen LogP contribution is -2.51. The van der Waals surface area contributed by atoms with E-state index in [0.717, 1.165) is 19.3 Å². The summed E-state index contributed by atoms with van der Waals surface area (Å²) >= 11 is 0. The van der Waals surface area contributed by atoms with Gasteiger partial charge in [0.05, 0.1) is 5.54 Å². The Kier molecular flexibility index (Phi) is 4.37. The van der Waals surface area contributed by atoms with Gasteiger partial charge in [-0.25, -0.2) is 0 Å². The molecule has 3 heteroatoms. The van der Waals surface area contributed by atoms with E-state index >= 15 is 0 Å². The van der Waals surface area contributed by atoms with Gasteiger partial charge in [-0.15, -0.1) is 0 Å². The SMILES string of the molecule is NCC1(NC(=O)CCc2ccccc2)CCCC1. The molecule has 3 N–H and O–H groups in total. The second-order valence-electron chi connectivity index (χ2n) is 5.23. The number of benzene rings is 1. The monoisotopic (exact) mass is 246 g/mol. The Morgan fingerprint density at radius 3 is 2.50 bits per heavy atom. The van der Waals surface area contributed by atoms with Crippen LogP contribution in [0, 0.1) is 0 Å². The van der Waals surface area contributed by atoms with Crippen LogP contribution in [0.4, 0.5) is 0 Å². The number of hydrogen-bond acceptors (Lipinski definition) is 2. The fraction of sp³-hybridized carbons (Fsp3) is 0.533. The second-order valence-corrected chi connectivity index (χ2v) is 5.23. The number of hydrogen-bond donors (Lipinski definition) is 2. The van der Waals surface area contributed by atoms with Crippen LogP contribution in [0.25, 0.3) is 0 Å². The number of carbonyl (C=O) groups excluding carboxylic acids is 1. The lowest BCUT2D eigenvalue weighted by atomic mass is 9.97. The van der Waals surface area contributed by atoms with Crippen molar-refractivity contribution in [2.45, 2.75) is 44.1 Å². The molecule has 0 atom stereocenters. The molecule has 1 aliphatic rings. The fourth-order valence-electron chi connectivity index (χ4n) is 2.69. The van der Waals surface area contributed by atoms with Gasteiger partial charge in [-0.3, -0.25) is 4.79 Å². The van der Waals surface area contributed by atoms with E-state index in [9.17, 15) is 4.79 Å². The van der Waals surface area contributed by atoms with Crippen LogP contribution in [0.15, 0.2) is 30.3 Å². The van der Waals surface area contributed by atoms with Crippen molar-refractivity contribution in [1.82, 2.24) is 5.32 Å². The Labute approximate surface area is 109 Å². The molecule has 0 unspecified atom stereocenters. The third-order valence-corrected chi connectivity index (χ3v) is 3.84. The summed E-state index contributed by atoms with van der Waals surface area (Å²) < 4.78 is 0. The van der Waals surface area contributed by atoms with Crippen LogP contribution in [0.2, 0.25) is 0 Å². The van der Waals surface area contributed by atoms with Crippen molar-refractivity contribution in [2.75, 3.05) is 6.54 Å². The predicted molar refractivity (Wildman–Crippen MR) is 73.2 cm³/mol. The van der Waals surface area contributed by atoms with Crippen molar-refractivity contribution in [3.05, 3.63) is 35.9 Å². The largest absolute Gasteiger partial charge is 0.349 e. The Hall–Kier alpha value is -1.35. The molecule has 1 aromatic carbocycles. The minimum absolute atomic E-state index is 0.117. The van der Waals surface area contributed by atoms with Gasteiger partial charge < -0.3 is 11.1 Å². The first-order valence-corrected chi connectivity index (χ1v) is 6.79. The number of rotatable bonds is 5. The molecule has 1 aliphatic carbocycles. The average Bonchev–Trinajstić information content (AvgIpc) is 2.87. The van der Waals surface area contributed by atoms with E-state index in [0.29, 0.717) is 13.0 Å². The molecular weight excluding hydrogens is 224 g/mol. The summed E-state index contributed by atoms with van der Waals surface area (Å²) in [7, 11) is 0. The zero-order valence-corrected chi connectivity index (χ0v) is 10.8. The lowest BCUT2D eigenvalue weighted by molar-refractivity contribution is -0.122. The van der Waals surface area contributed by atoms with Crippen LogP contribution in [-0.2, 0) is 11.2 Å². The van der Waals surface area contributed by atoms with Crippen molar-refractivity contribution in [1.29, 1.82) is 0 Å². The lowest BCUT2D eigenvalue weighted by Gasteiger charge is -2.28. The smallest absolute Gasteiger partial charge is 0.220 e. The van der Waals surface area contributed by atoms with Gasteiger partial charge in [-0.1, -0.05) is 43.2 Å². The Bertz CT molecular complexity index is 383. The van der Waals surface area contributed by atoms with Gasteiger partial charge in [0.15, 0.2) is 0 Å². The van der Waals surface area contributed by atoms with Crippen LogP contribution in [0.5, 0.6) is 0 Å². The standard InChI is InChI=1S/C15H22N2O/c16-12-15(10-4-5-11-15)17-14(18)9-8-13-6-2-1-3-7-13/h1-3,6-7H,4-5,8-12,16H2,(H,17,18). The van der Waals surface area contributed by atoms with Gasteiger partial charge in [-0.2, -0.15) is 0 Å². The minimum Gasteiger partial charge on any atom is -0.349 e. The van der Waals surface area contributed by atoms with Crippen LogP contribution >= 0.6 is 0 Å². The summed E-state index contributed by atoms with van der Waals surface area (Å²) in [5.74, 6) is 0.131. The van der Waals surface area contributed by atoms with Gasteiger partial charge in [0.2, 0.25) is 5.91 Å². The van der Waals surface area contributed by atoms with Gasteiger partial charge >= 0.3 is 0 Å². The van der Waals surface area contributed by atoms with E-state index < -0.39 is 0 Å². The number of nitrogens with two attached hydrogens (primary N) is 1. The molecule has 2 rings (SSSR count). The van der Waals surface area contributed by atoms with E-state index in [1.807, 2.05) is 18.2 Å². The van der Waals surface area contributed by atoms with E-state index in [2.05, 4.69) is 17.4 Å². The first-order chi connectivity index (χ1) is 8.74. The Morgan fingerprint density at radius 1 is 1.22 bits per heavy atom. The Balaban J connectivity index is 1.82. The van der Waals surface area contributed by atoms with Crippen LogP contribution < -0.4 is 11.1 Å². The molecule has 0 heterocycles. The highest BCUT2D eigenvalue weighted by Crippen LogP contribution is 2.28. The molecule has 3 nitrogen and oxygen atoms in total. The van der Waals surface area contributed by atoms with E-state index in [4.69, 9.17) is 5.73 Å². The van der Waals surface area contributed by atoms with Crippen molar-refractivity contribution in [3.8, 4) is 0 Å². The molecule has 1 amide bonds. The highest BCUT2D eigenvalue weighted by Gasteiger charge is 2.33. The van der Waals surface area contributed by atoms with Gasteiger partial charge in [0.1, 0.15) is 0 Å². The van der Waals surface area contributed by atoms with E-state index in [1.54, 1.807) is 0 Å². The summed E-state index contributed by atoms with van der Waals surface area (Å²) in [6.07, 6.45) is 5.76. The molecule has 1 aromatic rings. The number of aryl methyl sites for hydroxylation is 1. The molecule has 18 heavy (non-hydrogen) atoms. The number of amides is 1. The third kappa shape index (κ3) is 3.33. The van der Waals surface area contributed by atoms with E-state index in [-0.39, 0.29) is 11.4 Å². The molecule has 0 radical (unpaired) electrons. The maximum absolute atomic E-state index is 12.0. The van der Waals surface area contributed by atoms with Crippen molar-refractivity contribution in [2.24, 2.45) is 5.73 Å². The minimum atomic E-state index is -0.117. The van der Waals surface area contributed by atoms with Crippen LogP contribution in [-0.4, -0.2) is 18.0 Å². The van der Waals surface area contributed by atoms with Gasteiger partial charge in [0, 0.05) is 13.0 Å². The van der Waals surface area contributed by atoms with Crippen LogP contribution in [0.1, 0.15) is 37.7 Å². The number of carbonyl (C=O) groups is 1. The first kappa shape index (κ1) is 13.1. The second kappa shape index (κ2) is 6.01. The third-order valence-electron chi connectivity index (χ3n) is 3.84. The molecule has 1 fully saturated rings. The molecule has 0 saturated heterocycles. The predicted octanol–water partition coefficient (Wildman–Crippen LogP) is 2.01. The van der Waals surface area contributed by atoms with Crippen molar-refractivity contribution >= 4 is 5.91 Å². The molecule has 0 aliphatic heterocycles. The van der Waals surface area contributed by atoms with Crippen molar-refractivity contribution < 1.29 is 4.79 Å². The van der Waals surface area contributed by atoms with Crippen LogP contribution in [0.3, 0.4) is 0 Å². The van der Waals surface area contributed by atoms with Crippen molar-refractivity contribution in [3.63, 3.8) is 0 Å². The topological polar surface area (TPSA) is 55.1 Å². The van der Waals surface area contributed by atoms with E-state index in [1.165, 1.54) is 18.4 Å². The van der Waals surface area contributed by atoms with Gasteiger partial charge in [0.25, 0.3) is 0 Å². The maximum atomic E-state index is 12.0. The first-order valence-electron chi connectivity index (χ1n) is 6.79. The molecule has 0 aromatic heterocycles. The molecule has 98 valence electrons. The fourth-order valence-corrected chi connectivity index (χ4v) is 2.69. The zero-order valence-electron chi connectivity index (χ0n) is 10.8. The summed E-state index contributed by atoms with van der Waals surface area (Å²) in [6, 6.07) is 10.1. The highest BCUT2D eigenvalue weighted by molar-refractivity contribution is 5.77. The molecule has 0 spiro atoms. The summed E-state index contributed by atoms with van der Waals surface area (Å²) in [4.78, 5) is 12.0. The maximum Gasteiger partial charge on any atom is 0.220 e. The Morgan fingerprint density at radius 2 is 1.89 bits per heavy atom. The summed E-state index contributed by atoms with van der Waals surface area (Å²) in [5, 5.41) is 3.15. The molecule has 1 saturated carbocycles. The molecular formula is C15H22N2O. The summed E-state index contributed by atoms with van der Waals surface area (Å²) in [5.41, 5.74) is 6.90.